The van der Waals surface area contributed by atoms with E-state index >= 15 is 0 Å². The molecule has 0 atom stereocenters. The molecular weight excluding hydrogens is 281 g/mol. The van der Waals surface area contributed by atoms with Crippen molar-refractivity contribution in [2.24, 2.45) is 5.73 Å². The summed E-state index contributed by atoms with van der Waals surface area (Å²) in [5, 5.41) is 0.616. The van der Waals surface area contributed by atoms with Gasteiger partial charge in [0.05, 0.1) is 5.52 Å². The molecule has 3 aromatic rings. The molecule has 0 saturated carbocycles. The topological polar surface area (TPSA) is 58.9 Å². The van der Waals surface area contributed by atoms with Gasteiger partial charge >= 0.3 is 0 Å². The number of amides is 1. The lowest BCUT2D eigenvalue weighted by Crippen LogP contribution is -2.11. The Balaban J connectivity index is 2.36. The molecule has 0 aliphatic carbocycles. The number of carbonyl (C=O) groups is 1. The summed E-state index contributed by atoms with van der Waals surface area (Å²) in [5.41, 5.74) is 5.98. The molecule has 21 heavy (non-hydrogen) atoms. The van der Waals surface area contributed by atoms with Crippen molar-refractivity contribution < 1.29 is 18.0 Å². The average molecular weight is 290 g/mol. The first-order chi connectivity index (χ1) is 9.99. The first-order valence-electron chi connectivity index (χ1n) is 6.04. The van der Waals surface area contributed by atoms with Crippen molar-refractivity contribution in [2.75, 3.05) is 0 Å². The molecule has 2 aromatic carbocycles. The van der Waals surface area contributed by atoms with Crippen LogP contribution < -0.4 is 5.73 Å². The molecule has 3 nitrogen and oxygen atoms in total. The Labute approximate surface area is 117 Å². The van der Waals surface area contributed by atoms with E-state index in [-0.39, 0.29) is 16.7 Å². The van der Waals surface area contributed by atoms with Gasteiger partial charge in [-0.15, -0.1) is 0 Å². The summed E-state index contributed by atoms with van der Waals surface area (Å²) in [6.45, 7) is 0. The molecule has 3 rings (SSSR count). The van der Waals surface area contributed by atoms with Crippen molar-refractivity contribution in [3.8, 4) is 11.1 Å². The smallest absolute Gasteiger partial charge is 0.248 e. The molecule has 1 amide bonds. The number of hydrogen-bond donors (Lipinski definition) is 2. The van der Waals surface area contributed by atoms with Crippen LogP contribution in [0.1, 0.15) is 10.4 Å². The van der Waals surface area contributed by atoms with Crippen LogP contribution in [0, 0.1) is 17.5 Å². The van der Waals surface area contributed by atoms with Crippen molar-refractivity contribution in [3.05, 3.63) is 59.5 Å². The van der Waals surface area contributed by atoms with E-state index in [1.54, 1.807) is 12.3 Å². The molecule has 0 aliphatic rings. The Kier molecular flexibility index (Phi) is 2.94. The van der Waals surface area contributed by atoms with Crippen molar-refractivity contribution >= 4 is 16.8 Å². The third-order valence-corrected chi connectivity index (χ3v) is 3.27. The zero-order valence-electron chi connectivity index (χ0n) is 10.6. The van der Waals surface area contributed by atoms with E-state index in [9.17, 15) is 18.0 Å². The Morgan fingerprint density at radius 2 is 1.76 bits per heavy atom. The first-order valence-corrected chi connectivity index (χ1v) is 6.04. The van der Waals surface area contributed by atoms with Gasteiger partial charge in [0.2, 0.25) is 5.91 Å². The van der Waals surface area contributed by atoms with Gasteiger partial charge < -0.3 is 10.7 Å². The van der Waals surface area contributed by atoms with E-state index in [1.807, 2.05) is 0 Å². The van der Waals surface area contributed by atoms with Crippen molar-refractivity contribution in [1.82, 2.24) is 4.98 Å². The van der Waals surface area contributed by atoms with Gasteiger partial charge in [-0.2, -0.15) is 0 Å². The number of aromatic amines is 1. The van der Waals surface area contributed by atoms with E-state index in [0.717, 1.165) is 12.1 Å². The third kappa shape index (κ3) is 2.05. The second kappa shape index (κ2) is 4.66. The minimum atomic E-state index is -1.56. The normalized spacial score (nSPS) is 11.0. The highest BCUT2D eigenvalue weighted by Crippen LogP contribution is 2.32. The molecule has 0 unspecified atom stereocenters. The maximum Gasteiger partial charge on any atom is 0.248 e. The summed E-state index contributed by atoms with van der Waals surface area (Å²) in [6.07, 6.45) is 1.59. The monoisotopic (exact) mass is 290 g/mol. The zero-order valence-corrected chi connectivity index (χ0v) is 10.6. The largest absolute Gasteiger partial charge is 0.366 e. The van der Waals surface area contributed by atoms with Gasteiger partial charge in [0.25, 0.3) is 0 Å². The molecule has 0 aliphatic heterocycles. The molecule has 6 heteroatoms. The summed E-state index contributed by atoms with van der Waals surface area (Å²) in [5.74, 6) is -4.84. The summed E-state index contributed by atoms with van der Waals surface area (Å²) in [6, 6.07) is 6.50. The van der Waals surface area contributed by atoms with E-state index in [4.69, 9.17) is 5.73 Å². The lowest BCUT2D eigenvalue weighted by molar-refractivity contribution is 0.100. The molecule has 1 aromatic heterocycles. The molecule has 0 saturated heterocycles. The van der Waals surface area contributed by atoms with E-state index in [0.29, 0.717) is 10.9 Å². The number of rotatable bonds is 2. The summed E-state index contributed by atoms with van der Waals surface area (Å²) >= 11 is 0. The van der Waals surface area contributed by atoms with Crippen molar-refractivity contribution in [2.45, 2.75) is 0 Å². The zero-order chi connectivity index (χ0) is 15.1. The molecule has 3 N–H and O–H groups in total. The number of nitrogens with two attached hydrogens (primary N) is 1. The van der Waals surface area contributed by atoms with Crippen LogP contribution in [0.4, 0.5) is 13.2 Å². The van der Waals surface area contributed by atoms with Crippen LogP contribution in [0.15, 0.2) is 36.5 Å². The molecule has 1 heterocycles. The summed E-state index contributed by atoms with van der Waals surface area (Å²) in [4.78, 5) is 14.2. The Morgan fingerprint density at radius 3 is 2.48 bits per heavy atom. The van der Waals surface area contributed by atoms with Crippen LogP contribution in [-0.4, -0.2) is 10.9 Å². The van der Waals surface area contributed by atoms with Gasteiger partial charge in [0.1, 0.15) is 0 Å². The number of nitrogens with one attached hydrogen (secondary N) is 1. The number of primary amides is 1. The van der Waals surface area contributed by atoms with E-state index in [2.05, 4.69) is 4.98 Å². The van der Waals surface area contributed by atoms with Crippen LogP contribution >= 0.6 is 0 Å². The molecule has 0 radical (unpaired) electrons. The fraction of sp³-hybridized carbons (Fsp3) is 0. The number of benzene rings is 2. The molecule has 106 valence electrons. The number of halogens is 3. The van der Waals surface area contributed by atoms with Gasteiger partial charge in [-0.3, -0.25) is 4.79 Å². The first kappa shape index (κ1) is 13.2. The quantitative estimate of drug-likeness (QED) is 0.699. The molecule has 0 spiro atoms. The number of H-pyrrole nitrogens is 1. The van der Waals surface area contributed by atoms with Crippen LogP contribution in [0.5, 0.6) is 0 Å². The Hall–Kier alpha value is -2.76. The number of carbonyl (C=O) groups excluding carboxylic acids is 1. The maximum absolute atomic E-state index is 14.0. The highest BCUT2D eigenvalue weighted by Gasteiger charge is 2.18. The second-order valence-corrected chi connectivity index (χ2v) is 4.55. The summed E-state index contributed by atoms with van der Waals surface area (Å²) in [7, 11) is 0. The lowest BCUT2D eigenvalue weighted by atomic mass is 9.99. The second-order valence-electron chi connectivity index (χ2n) is 4.55. The van der Waals surface area contributed by atoms with Gasteiger partial charge in [0.15, 0.2) is 17.5 Å². The van der Waals surface area contributed by atoms with Crippen LogP contribution in [0.2, 0.25) is 0 Å². The van der Waals surface area contributed by atoms with E-state index < -0.39 is 23.4 Å². The minimum absolute atomic E-state index is 0.149. The van der Waals surface area contributed by atoms with Gasteiger partial charge in [-0.1, -0.05) is 0 Å². The molecule has 0 bridgehead atoms. The minimum Gasteiger partial charge on any atom is -0.366 e. The number of aromatic nitrogens is 1. The molecule has 0 fully saturated rings. The van der Waals surface area contributed by atoms with E-state index in [1.165, 1.54) is 12.1 Å². The lowest BCUT2D eigenvalue weighted by Gasteiger charge is -2.08. The SMILES string of the molecule is NC(=O)c1cc(-c2ccc(F)c(F)c2F)c2[nH]ccc2c1. The van der Waals surface area contributed by atoms with Crippen molar-refractivity contribution in [1.29, 1.82) is 0 Å². The third-order valence-electron chi connectivity index (χ3n) is 3.27. The highest BCUT2D eigenvalue weighted by atomic mass is 19.2. The Morgan fingerprint density at radius 1 is 1.00 bits per heavy atom. The van der Waals surface area contributed by atoms with Crippen LogP contribution in [0.3, 0.4) is 0 Å². The van der Waals surface area contributed by atoms with Gasteiger partial charge in [-0.25, -0.2) is 13.2 Å². The van der Waals surface area contributed by atoms with Gasteiger partial charge in [0, 0.05) is 28.3 Å². The van der Waals surface area contributed by atoms with Gasteiger partial charge in [-0.05, 0) is 30.3 Å². The fourth-order valence-electron chi connectivity index (χ4n) is 2.26. The van der Waals surface area contributed by atoms with Crippen molar-refractivity contribution in [3.63, 3.8) is 0 Å². The molecular formula is C15H9F3N2O. The standard InChI is InChI=1S/C15H9F3N2O/c16-11-2-1-9(12(17)13(11)18)10-6-8(15(19)21)5-7-3-4-20-14(7)10/h1-6,20H,(H2,19,21). The van der Waals surface area contributed by atoms with Crippen LogP contribution in [-0.2, 0) is 0 Å². The predicted octanol–water partition coefficient (Wildman–Crippen LogP) is 3.35. The Bertz CT molecular complexity index is 871. The summed E-state index contributed by atoms with van der Waals surface area (Å²) < 4.78 is 40.4. The highest BCUT2D eigenvalue weighted by molar-refractivity contribution is 6.03. The number of fused-ring (bicyclic) bond motifs is 1. The maximum atomic E-state index is 14.0. The van der Waals surface area contributed by atoms with Crippen LogP contribution in [0.25, 0.3) is 22.0 Å². The average Bonchev–Trinajstić information content (AvgIpc) is 2.92. The number of hydrogen-bond acceptors (Lipinski definition) is 1. The fourth-order valence-corrected chi connectivity index (χ4v) is 2.26. The predicted molar refractivity (Wildman–Crippen MR) is 72.1 cm³/mol.